The van der Waals surface area contributed by atoms with Gasteiger partial charge < -0.3 is 9.30 Å². The van der Waals surface area contributed by atoms with Crippen LogP contribution in [0.2, 0.25) is 0 Å². The van der Waals surface area contributed by atoms with Crippen molar-refractivity contribution in [3.05, 3.63) is 193 Å². The smallest absolute Gasteiger partial charge is 0.238 e. The molecular formula is C51H33N5O. The summed E-state index contributed by atoms with van der Waals surface area (Å²) in [6, 6.07) is -28.4. The molecular weight excluding hydrogens is 699 g/mol. The van der Waals surface area contributed by atoms with E-state index in [0.29, 0.717) is 0 Å². The van der Waals surface area contributed by atoms with Gasteiger partial charge in [0.05, 0.1) is 64.6 Å². The van der Waals surface area contributed by atoms with Crippen LogP contribution in [0.25, 0.3) is 89.2 Å². The van der Waals surface area contributed by atoms with Crippen LogP contribution < -0.4 is 4.74 Å². The van der Waals surface area contributed by atoms with E-state index in [1.165, 1.54) is 0 Å². The molecule has 4 heterocycles. The number of hydrogen-bond acceptors (Lipinski definition) is 4. The highest BCUT2D eigenvalue weighted by Gasteiger charge is 2.32. The lowest BCUT2D eigenvalue weighted by molar-refractivity contribution is 0.269. The van der Waals surface area contributed by atoms with Gasteiger partial charge in [-0.2, -0.15) is 9.97 Å². The zero-order chi connectivity index (χ0) is 64.4. The van der Waals surface area contributed by atoms with Gasteiger partial charge in [-0.15, -0.1) is 0 Å². The van der Waals surface area contributed by atoms with E-state index in [1.54, 1.807) is 0 Å². The van der Waals surface area contributed by atoms with Gasteiger partial charge in [0.1, 0.15) is 11.9 Å². The number of fused-ring (bicyclic) bond motifs is 10. The van der Waals surface area contributed by atoms with Crippen LogP contribution >= 0.6 is 0 Å². The zero-order valence-electron chi connectivity index (χ0n) is 59.3. The van der Waals surface area contributed by atoms with Crippen molar-refractivity contribution in [3.63, 3.8) is 0 Å². The fourth-order valence-electron chi connectivity index (χ4n) is 6.85. The molecule has 1 aliphatic heterocycles. The van der Waals surface area contributed by atoms with Gasteiger partial charge in [0.15, 0.2) is 11.6 Å². The molecule has 2 unspecified atom stereocenters. The van der Waals surface area contributed by atoms with Crippen molar-refractivity contribution >= 4 is 43.6 Å². The molecule has 12 rings (SSSR count). The summed E-state index contributed by atoms with van der Waals surface area (Å²) in [7, 11) is 0. The Bertz CT molecular complexity index is 5020. The Hall–Kier alpha value is -7.57. The summed E-state index contributed by atoms with van der Waals surface area (Å²) in [4.78, 5) is 13.5. The molecule has 0 saturated heterocycles. The summed E-state index contributed by atoms with van der Waals surface area (Å²) in [5, 5.41) is -2.47. The lowest BCUT2D eigenvalue weighted by Crippen LogP contribution is -2.15. The zero-order valence-corrected chi connectivity index (χ0v) is 28.3. The molecule has 10 aromatic rings. The lowest BCUT2D eigenvalue weighted by atomic mass is 9.92. The number of ether oxygens (including phenoxy) is 1. The monoisotopic (exact) mass is 762 g/mol. The minimum Gasteiger partial charge on any atom is -0.485 e. The van der Waals surface area contributed by atoms with Crippen LogP contribution in [0.5, 0.6) is 5.75 Å². The van der Waals surface area contributed by atoms with Crippen LogP contribution in [0.1, 0.15) is 54.0 Å². The summed E-state index contributed by atoms with van der Waals surface area (Å²) >= 11 is 0. The normalized spacial score (nSPS) is 24.0. The maximum atomic E-state index is 9.87. The predicted octanol–water partition coefficient (Wildman–Crippen LogP) is 12.0. The Balaban J connectivity index is 1.33. The Kier molecular flexibility index (Phi) is 3.04. The first-order chi connectivity index (χ1) is 41.2. The van der Waals surface area contributed by atoms with Gasteiger partial charge >= 0.3 is 0 Å². The first-order valence-electron chi connectivity index (χ1n) is 32.3. The highest BCUT2D eigenvalue weighted by atomic mass is 16.5. The molecule has 2 atom stereocenters. The average molecular weight is 763 g/mol. The third-order valence-electron chi connectivity index (χ3n) is 9.26. The summed E-state index contributed by atoms with van der Waals surface area (Å²) in [5.74, 6) is -5.03. The third kappa shape index (κ3) is 4.94. The highest BCUT2D eigenvalue weighted by Crippen LogP contribution is 2.45. The van der Waals surface area contributed by atoms with Crippen LogP contribution in [0.4, 0.5) is 0 Å². The molecule has 6 heteroatoms. The second-order valence-electron chi connectivity index (χ2n) is 12.4. The summed E-state index contributed by atoms with van der Waals surface area (Å²) < 4.78 is 287. The van der Waals surface area contributed by atoms with Gasteiger partial charge in [-0.25, -0.2) is 4.98 Å². The molecule has 0 fully saturated rings. The number of nitrogens with zero attached hydrogens (tertiary/aromatic N) is 5. The van der Waals surface area contributed by atoms with Crippen molar-refractivity contribution in [1.82, 2.24) is 24.1 Å². The topological polar surface area (TPSA) is 57.8 Å². The number of aromatic nitrogens is 5. The highest BCUT2D eigenvalue weighted by molar-refractivity contribution is 6.23. The molecule has 6 nitrogen and oxygen atoms in total. The SMILES string of the molecule is [2H]C1=C([2H])C2Oc3c([2H])c(-n4c5c([2H])c([2H])c([2H])c([2H])c5c5c([2H])c([2H])c6c7c([2H])c([2H])c([2H])c([2H])c7n(-c7nc(-c8c([2H])c([2H])c([2H])c([2H])c8[2H])nc(-c8c([2H])c([2H])c(-c9c([2H])c([2H])c([2H])c([2H])c9[2H])c([2H])c8[2H])n7)c6c54)c([2H])c([2H])c3C2C([2H])=C1[2H]. The second-order valence-corrected chi connectivity index (χ2v) is 12.4. The van der Waals surface area contributed by atoms with Crippen LogP contribution in [-0.4, -0.2) is 30.2 Å². The average Bonchev–Trinajstić information content (AvgIpc) is 1.69. The van der Waals surface area contributed by atoms with Crippen molar-refractivity contribution in [2.24, 2.45) is 0 Å². The maximum absolute atomic E-state index is 9.87. The van der Waals surface area contributed by atoms with E-state index >= 15 is 0 Å². The van der Waals surface area contributed by atoms with E-state index in [2.05, 4.69) is 15.0 Å². The van der Waals surface area contributed by atoms with E-state index in [9.17, 15) is 17.8 Å². The van der Waals surface area contributed by atoms with Crippen molar-refractivity contribution < 1.29 is 47.2 Å². The number of para-hydroxylation sites is 2. The maximum Gasteiger partial charge on any atom is 0.238 e. The summed E-state index contributed by atoms with van der Waals surface area (Å²) in [6.07, 6.45) is -1.60. The molecule has 0 N–H and O–H groups in total. The Morgan fingerprint density at radius 3 is 1.72 bits per heavy atom. The Morgan fingerprint density at radius 2 is 1.02 bits per heavy atom. The molecule has 3 aromatic heterocycles. The van der Waals surface area contributed by atoms with Gasteiger partial charge in [-0.3, -0.25) is 4.57 Å². The van der Waals surface area contributed by atoms with E-state index < -0.39 is 294 Å². The molecule has 57 heavy (non-hydrogen) atoms. The van der Waals surface area contributed by atoms with Gasteiger partial charge in [0, 0.05) is 55.9 Å². The standard InChI is InChI=1S/C51H33N5O/c1-3-13-32(14-4-1)33-23-25-35(26-24-33)50-52-49(34-15-5-2-6-16-34)53-51(54-50)56-44-21-11-8-18-38(44)42-30-29-41-37-17-7-10-20-43(37)55(47(41)48(42)56)36-27-28-40-39-19-9-12-22-45(39)57-46(40)31-36/h1-31,39,45H/i1D,2D,3D,4D,5D,6D,7D,8D,9D,10D,11D,12D,13D,14D,15D,16D,17D,18D,19D,20D,21D,22D,23D,24D,25D,26D,27D,28D,29D,30D,31D. The Morgan fingerprint density at radius 1 is 0.474 bits per heavy atom. The molecule has 0 spiro atoms. The van der Waals surface area contributed by atoms with Crippen molar-refractivity contribution in [1.29, 1.82) is 0 Å². The summed E-state index contributed by atoms with van der Waals surface area (Å²) in [5.41, 5.74) is -7.21. The molecule has 0 saturated carbocycles. The molecule has 2 aliphatic rings. The number of allylic oxidation sites excluding steroid dienone is 2. The van der Waals surface area contributed by atoms with E-state index in [4.69, 9.17) is 29.4 Å². The quantitative estimate of drug-likeness (QED) is 0.175. The van der Waals surface area contributed by atoms with Crippen molar-refractivity contribution in [2.45, 2.75) is 12.0 Å². The van der Waals surface area contributed by atoms with Crippen LogP contribution in [0, 0.1) is 0 Å². The van der Waals surface area contributed by atoms with Crippen molar-refractivity contribution in [2.75, 3.05) is 0 Å². The number of benzene rings is 7. The minimum atomic E-state index is -1.60. The molecule has 0 radical (unpaired) electrons. The molecule has 0 bridgehead atoms. The van der Waals surface area contributed by atoms with E-state index in [-0.39, 0.29) is 5.56 Å². The second kappa shape index (κ2) is 12.5. The van der Waals surface area contributed by atoms with Gasteiger partial charge in [-0.05, 0) is 35.3 Å². The van der Waals surface area contributed by atoms with Crippen LogP contribution in [0.15, 0.2) is 187 Å². The van der Waals surface area contributed by atoms with Gasteiger partial charge in [-0.1, -0.05) is 157 Å². The van der Waals surface area contributed by atoms with Crippen LogP contribution in [-0.2, 0) is 0 Å². The van der Waals surface area contributed by atoms with Gasteiger partial charge in [0.2, 0.25) is 5.95 Å². The van der Waals surface area contributed by atoms with Gasteiger partial charge in [0.25, 0.3) is 0 Å². The first kappa shape index (κ1) is 13.9. The largest absolute Gasteiger partial charge is 0.485 e. The summed E-state index contributed by atoms with van der Waals surface area (Å²) in [6.45, 7) is 0. The Labute approximate surface area is 371 Å². The van der Waals surface area contributed by atoms with E-state index in [0.717, 1.165) is 9.13 Å². The fraction of sp³-hybridized carbons (Fsp3) is 0.0392. The van der Waals surface area contributed by atoms with Crippen molar-refractivity contribution in [3.8, 4) is 51.3 Å². The predicted molar refractivity (Wildman–Crippen MR) is 230 cm³/mol. The van der Waals surface area contributed by atoms with E-state index in [1.807, 2.05) is 0 Å². The van der Waals surface area contributed by atoms with Crippen LogP contribution in [0.3, 0.4) is 0 Å². The third-order valence-corrected chi connectivity index (χ3v) is 9.26. The molecule has 7 aromatic carbocycles. The molecule has 0 amide bonds. The lowest BCUT2D eigenvalue weighted by Gasteiger charge is -2.14. The number of rotatable bonds is 5. The first-order valence-corrected chi connectivity index (χ1v) is 16.8. The fourth-order valence-corrected chi connectivity index (χ4v) is 6.85. The minimum absolute atomic E-state index is 0.357. The molecule has 1 aliphatic carbocycles. The number of hydrogen-bond donors (Lipinski definition) is 0. The molecule has 268 valence electrons.